The lowest BCUT2D eigenvalue weighted by Crippen LogP contribution is -2.42. The molecule has 1 N–H and O–H groups in total. The third kappa shape index (κ3) is 4.09. The van der Waals surface area contributed by atoms with Gasteiger partial charge in [0.1, 0.15) is 0 Å². The number of pyridine rings is 1. The van der Waals surface area contributed by atoms with Crippen LogP contribution in [0.1, 0.15) is 20.8 Å². The number of carbonyl (C=O) groups excluding carboxylic acids is 1. The van der Waals surface area contributed by atoms with Crippen molar-refractivity contribution in [1.82, 2.24) is 10.3 Å². The van der Waals surface area contributed by atoms with Crippen LogP contribution in [-0.2, 0) is 0 Å². The van der Waals surface area contributed by atoms with E-state index in [0.717, 1.165) is 11.3 Å². The number of aromatic nitrogens is 1. The molecule has 1 aromatic carbocycles. The maximum atomic E-state index is 11.6. The van der Waals surface area contributed by atoms with Crippen LogP contribution in [0, 0.1) is 0 Å². The average molecular weight is 270 g/mol. The minimum Gasteiger partial charge on any atom is -0.409 e. The van der Waals surface area contributed by atoms with E-state index in [1.807, 2.05) is 57.2 Å². The summed E-state index contributed by atoms with van der Waals surface area (Å²) in [6.45, 7) is 5.68. The Morgan fingerprint density at radius 3 is 2.35 bits per heavy atom. The molecule has 1 aromatic heterocycles. The normalized spacial score (nSPS) is 10.9. The molecule has 0 aliphatic heterocycles. The molecular weight excluding hydrogens is 252 g/mol. The summed E-state index contributed by atoms with van der Waals surface area (Å²) in [4.78, 5) is 15.9. The van der Waals surface area contributed by atoms with Gasteiger partial charge < -0.3 is 10.1 Å². The van der Waals surface area contributed by atoms with Crippen molar-refractivity contribution in [3.63, 3.8) is 0 Å². The predicted molar refractivity (Wildman–Crippen MR) is 78.6 cm³/mol. The molecular formula is C16H18N2O2. The first kappa shape index (κ1) is 14.1. The maximum absolute atomic E-state index is 11.6. The van der Waals surface area contributed by atoms with Crippen molar-refractivity contribution < 1.29 is 9.53 Å². The topological polar surface area (TPSA) is 51.2 Å². The number of nitrogens with one attached hydrogen (secondary N) is 1. The summed E-state index contributed by atoms with van der Waals surface area (Å²) in [7, 11) is 0. The van der Waals surface area contributed by atoms with E-state index in [1.54, 1.807) is 12.3 Å². The Bertz CT molecular complexity index is 572. The molecule has 104 valence electrons. The number of benzene rings is 1. The van der Waals surface area contributed by atoms with Crippen LogP contribution >= 0.6 is 0 Å². The Balaban J connectivity index is 2.04. The van der Waals surface area contributed by atoms with Crippen molar-refractivity contribution in [2.45, 2.75) is 26.3 Å². The molecule has 1 amide bonds. The largest absolute Gasteiger partial charge is 0.413 e. The highest BCUT2D eigenvalue weighted by molar-refractivity contribution is 5.71. The summed E-state index contributed by atoms with van der Waals surface area (Å²) in [5, 5.41) is 2.72. The van der Waals surface area contributed by atoms with Crippen molar-refractivity contribution in [1.29, 1.82) is 0 Å². The summed E-state index contributed by atoms with van der Waals surface area (Å²) in [6.07, 6.45) is 1.07. The molecule has 2 aromatic rings. The number of hydrogen-bond donors (Lipinski definition) is 1. The summed E-state index contributed by atoms with van der Waals surface area (Å²) < 4.78 is 5.17. The minimum atomic E-state index is -0.480. The molecule has 0 spiro atoms. The van der Waals surface area contributed by atoms with Gasteiger partial charge in [0.05, 0.1) is 11.9 Å². The lowest BCUT2D eigenvalue weighted by Gasteiger charge is -2.19. The molecule has 20 heavy (non-hydrogen) atoms. The van der Waals surface area contributed by atoms with Crippen molar-refractivity contribution in [3.05, 3.63) is 48.7 Å². The molecule has 0 radical (unpaired) electrons. The lowest BCUT2D eigenvalue weighted by atomic mass is 10.1. The van der Waals surface area contributed by atoms with E-state index in [0.29, 0.717) is 5.75 Å². The number of carbonyl (C=O) groups is 1. The minimum absolute atomic E-state index is 0.325. The second-order valence-corrected chi connectivity index (χ2v) is 5.51. The zero-order valence-electron chi connectivity index (χ0n) is 11.9. The lowest BCUT2D eigenvalue weighted by molar-refractivity contribution is 0.190. The van der Waals surface area contributed by atoms with Gasteiger partial charge in [0.2, 0.25) is 0 Å². The first-order chi connectivity index (χ1) is 9.44. The van der Waals surface area contributed by atoms with E-state index >= 15 is 0 Å². The van der Waals surface area contributed by atoms with Crippen LogP contribution in [0.15, 0.2) is 48.7 Å². The van der Waals surface area contributed by atoms with Gasteiger partial charge in [-0.05, 0) is 32.9 Å². The quantitative estimate of drug-likeness (QED) is 0.906. The first-order valence-corrected chi connectivity index (χ1v) is 6.45. The molecule has 0 atom stereocenters. The second kappa shape index (κ2) is 5.74. The molecule has 0 saturated heterocycles. The van der Waals surface area contributed by atoms with Gasteiger partial charge in [-0.2, -0.15) is 0 Å². The Hall–Kier alpha value is -2.36. The second-order valence-electron chi connectivity index (χ2n) is 5.51. The van der Waals surface area contributed by atoms with E-state index in [2.05, 4.69) is 10.3 Å². The first-order valence-electron chi connectivity index (χ1n) is 6.45. The monoisotopic (exact) mass is 270 g/mol. The van der Waals surface area contributed by atoms with Gasteiger partial charge in [0.15, 0.2) is 5.75 Å². The van der Waals surface area contributed by atoms with Crippen molar-refractivity contribution >= 4 is 6.09 Å². The van der Waals surface area contributed by atoms with E-state index < -0.39 is 6.09 Å². The van der Waals surface area contributed by atoms with Crippen LogP contribution in [0.2, 0.25) is 0 Å². The van der Waals surface area contributed by atoms with Crippen LogP contribution in [-0.4, -0.2) is 16.6 Å². The van der Waals surface area contributed by atoms with E-state index in [-0.39, 0.29) is 5.54 Å². The highest BCUT2D eigenvalue weighted by Crippen LogP contribution is 2.19. The number of nitrogens with zero attached hydrogens (tertiary/aromatic N) is 1. The van der Waals surface area contributed by atoms with E-state index in [4.69, 9.17) is 4.74 Å². The SMILES string of the molecule is CC(C)(C)NC(=O)Oc1ccc(-c2ccccc2)nc1. The zero-order chi connectivity index (χ0) is 14.6. The molecule has 0 bridgehead atoms. The van der Waals surface area contributed by atoms with Gasteiger partial charge in [0.25, 0.3) is 0 Å². The molecule has 0 fully saturated rings. The van der Waals surface area contributed by atoms with E-state index in [9.17, 15) is 4.79 Å². The average Bonchev–Trinajstić information content (AvgIpc) is 2.38. The molecule has 0 aliphatic carbocycles. The molecule has 0 unspecified atom stereocenters. The Labute approximate surface area is 118 Å². The Kier molecular flexibility index (Phi) is 4.03. The van der Waals surface area contributed by atoms with Crippen LogP contribution < -0.4 is 10.1 Å². The number of ether oxygens (including phenoxy) is 1. The highest BCUT2D eigenvalue weighted by atomic mass is 16.6. The summed E-state index contributed by atoms with van der Waals surface area (Å²) in [5.41, 5.74) is 1.54. The number of rotatable bonds is 2. The van der Waals surface area contributed by atoms with Gasteiger partial charge in [0, 0.05) is 11.1 Å². The Morgan fingerprint density at radius 2 is 1.80 bits per heavy atom. The molecule has 0 aliphatic rings. The third-order valence-corrected chi connectivity index (χ3v) is 2.49. The van der Waals surface area contributed by atoms with Gasteiger partial charge in [-0.1, -0.05) is 30.3 Å². The van der Waals surface area contributed by atoms with Crippen LogP contribution in [0.5, 0.6) is 5.75 Å². The summed E-state index contributed by atoms with van der Waals surface area (Å²) in [6, 6.07) is 13.4. The van der Waals surface area contributed by atoms with Gasteiger partial charge in [-0.3, -0.25) is 4.98 Å². The fourth-order valence-corrected chi connectivity index (χ4v) is 1.66. The third-order valence-electron chi connectivity index (χ3n) is 2.49. The number of hydrogen-bond acceptors (Lipinski definition) is 3. The van der Waals surface area contributed by atoms with Crippen molar-refractivity contribution in [2.24, 2.45) is 0 Å². The van der Waals surface area contributed by atoms with Crippen LogP contribution in [0.4, 0.5) is 4.79 Å². The van der Waals surface area contributed by atoms with E-state index in [1.165, 1.54) is 0 Å². The zero-order valence-corrected chi connectivity index (χ0v) is 11.9. The molecule has 0 saturated carbocycles. The standard InChI is InChI=1S/C16H18N2O2/c1-16(2,3)18-15(19)20-13-9-10-14(17-11-13)12-7-5-4-6-8-12/h4-11H,1-3H3,(H,18,19). The van der Waals surface area contributed by atoms with Gasteiger partial charge in [-0.15, -0.1) is 0 Å². The van der Waals surface area contributed by atoms with Gasteiger partial charge >= 0.3 is 6.09 Å². The molecule has 4 heteroatoms. The maximum Gasteiger partial charge on any atom is 0.413 e. The van der Waals surface area contributed by atoms with Crippen molar-refractivity contribution in [3.8, 4) is 17.0 Å². The van der Waals surface area contributed by atoms with Gasteiger partial charge in [-0.25, -0.2) is 4.79 Å². The Morgan fingerprint density at radius 1 is 1.10 bits per heavy atom. The molecule has 2 rings (SSSR count). The predicted octanol–water partition coefficient (Wildman–Crippen LogP) is 3.64. The number of amides is 1. The van der Waals surface area contributed by atoms with Crippen LogP contribution in [0.25, 0.3) is 11.3 Å². The summed E-state index contributed by atoms with van der Waals surface area (Å²) >= 11 is 0. The van der Waals surface area contributed by atoms with Crippen LogP contribution in [0.3, 0.4) is 0 Å². The summed E-state index contributed by atoms with van der Waals surface area (Å²) in [5.74, 6) is 0.423. The fourth-order valence-electron chi connectivity index (χ4n) is 1.66. The smallest absolute Gasteiger partial charge is 0.409 e. The highest BCUT2D eigenvalue weighted by Gasteiger charge is 2.15. The van der Waals surface area contributed by atoms with Crippen molar-refractivity contribution in [2.75, 3.05) is 0 Å². The molecule has 1 heterocycles. The fraction of sp³-hybridized carbons (Fsp3) is 0.250. The molecule has 4 nitrogen and oxygen atoms in total.